The first-order valence-electron chi connectivity index (χ1n) is 6.22. The van der Waals surface area contributed by atoms with Crippen molar-refractivity contribution in [2.24, 2.45) is 0 Å². The lowest BCUT2D eigenvalue weighted by atomic mass is 10.1. The summed E-state index contributed by atoms with van der Waals surface area (Å²) in [5, 5.41) is 0.646. The van der Waals surface area contributed by atoms with Crippen molar-refractivity contribution in [3.05, 3.63) is 75.7 Å². The van der Waals surface area contributed by atoms with Crippen LogP contribution in [0.5, 0.6) is 10.9 Å². The number of rotatable bonds is 4. The number of hydrogen-bond acceptors (Lipinski definition) is 3. The van der Waals surface area contributed by atoms with Gasteiger partial charge in [0.2, 0.25) is 0 Å². The Hall–Kier alpha value is -1.65. The van der Waals surface area contributed by atoms with E-state index >= 15 is 0 Å². The molecule has 0 aliphatic rings. The first-order chi connectivity index (χ1) is 9.79. The number of benzene rings is 2. The normalized spacial score (nSPS) is 10.4. The zero-order valence-corrected chi connectivity index (χ0v) is 13.0. The van der Waals surface area contributed by atoms with Gasteiger partial charge in [-0.25, -0.2) is 4.98 Å². The van der Waals surface area contributed by atoms with Gasteiger partial charge in [-0.1, -0.05) is 53.8 Å². The molecule has 0 aliphatic heterocycles. The molecule has 0 radical (unpaired) electrons. The van der Waals surface area contributed by atoms with Crippen molar-refractivity contribution in [1.82, 2.24) is 4.98 Å². The van der Waals surface area contributed by atoms with E-state index in [4.69, 9.17) is 4.74 Å². The van der Waals surface area contributed by atoms with E-state index in [9.17, 15) is 0 Å². The lowest BCUT2D eigenvalue weighted by Crippen LogP contribution is -1.88. The number of halogens is 1. The van der Waals surface area contributed by atoms with Gasteiger partial charge >= 0.3 is 0 Å². The fourth-order valence-corrected chi connectivity index (χ4v) is 2.93. The van der Waals surface area contributed by atoms with Crippen LogP contribution in [0.2, 0.25) is 0 Å². The predicted molar refractivity (Wildman–Crippen MR) is 85.6 cm³/mol. The largest absolute Gasteiger partial charge is 0.431 e. The van der Waals surface area contributed by atoms with Crippen LogP contribution in [0.1, 0.15) is 11.1 Å². The van der Waals surface area contributed by atoms with Crippen molar-refractivity contribution in [2.45, 2.75) is 6.42 Å². The molecule has 0 saturated carbocycles. The van der Waals surface area contributed by atoms with Crippen LogP contribution in [0.3, 0.4) is 0 Å². The fourth-order valence-electron chi connectivity index (χ4n) is 1.89. The summed E-state index contributed by atoms with van der Waals surface area (Å²) in [6.07, 6.45) is 2.67. The predicted octanol–water partition coefficient (Wildman–Crippen LogP) is 5.29. The van der Waals surface area contributed by atoms with Gasteiger partial charge in [-0.05, 0) is 45.6 Å². The van der Waals surface area contributed by atoms with Gasteiger partial charge in [-0.15, -0.1) is 0 Å². The van der Waals surface area contributed by atoms with Gasteiger partial charge in [-0.3, -0.25) is 0 Å². The number of thiazole rings is 1. The van der Waals surface area contributed by atoms with Crippen molar-refractivity contribution in [3.8, 4) is 10.9 Å². The van der Waals surface area contributed by atoms with Crippen molar-refractivity contribution < 1.29 is 4.74 Å². The molecule has 0 saturated heterocycles. The summed E-state index contributed by atoms with van der Waals surface area (Å²) in [6, 6.07) is 18.6. The van der Waals surface area contributed by atoms with Gasteiger partial charge in [0.1, 0.15) is 5.75 Å². The van der Waals surface area contributed by atoms with Crippen LogP contribution in [0.15, 0.2) is 64.6 Å². The van der Waals surface area contributed by atoms with Crippen LogP contribution in [0, 0.1) is 0 Å². The quantitative estimate of drug-likeness (QED) is 0.640. The number of ether oxygens (including phenoxy) is 1. The Balaban J connectivity index is 1.68. The minimum absolute atomic E-state index is 0.646. The summed E-state index contributed by atoms with van der Waals surface area (Å²) in [4.78, 5) is 4.15. The molecule has 2 aromatic carbocycles. The average molecular weight is 346 g/mol. The van der Waals surface area contributed by atoms with E-state index in [-0.39, 0.29) is 0 Å². The molecule has 100 valence electrons. The second-order valence-electron chi connectivity index (χ2n) is 4.34. The van der Waals surface area contributed by atoms with Crippen LogP contribution in [-0.2, 0) is 6.42 Å². The zero-order chi connectivity index (χ0) is 13.8. The topological polar surface area (TPSA) is 22.1 Å². The number of hydrogen-bond donors (Lipinski definition) is 0. The average Bonchev–Trinajstić information content (AvgIpc) is 2.88. The summed E-state index contributed by atoms with van der Waals surface area (Å²) in [5.41, 5.74) is 2.58. The van der Waals surface area contributed by atoms with Crippen LogP contribution in [0.4, 0.5) is 0 Å². The monoisotopic (exact) mass is 345 g/mol. The summed E-state index contributed by atoms with van der Waals surface area (Å²) in [7, 11) is 0. The molecule has 2 nitrogen and oxygen atoms in total. The van der Waals surface area contributed by atoms with Crippen molar-refractivity contribution in [1.29, 1.82) is 0 Å². The molecule has 0 unspecified atom stereocenters. The third-order valence-corrected chi connectivity index (χ3v) is 4.19. The summed E-state index contributed by atoms with van der Waals surface area (Å²) in [6.45, 7) is 0. The van der Waals surface area contributed by atoms with Crippen LogP contribution in [0.25, 0.3) is 0 Å². The SMILES string of the molecule is Brc1cnc(Oc2ccc(Cc3ccccc3)cc2)s1. The molecule has 0 atom stereocenters. The molecular weight excluding hydrogens is 334 g/mol. The lowest BCUT2D eigenvalue weighted by molar-refractivity contribution is 0.478. The molecule has 0 N–H and O–H groups in total. The summed E-state index contributed by atoms with van der Waals surface area (Å²) < 4.78 is 6.65. The molecule has 0 amide bonds. The fraction of sp³-hybridized carbons (Fsp3) is 0.0625. The molecule has 4 heteroatoms. The zero-order valence-electron chi connectivity index (χ0n) is 10.6. The highest BCUT2D eigenvalue weighted by molar-refractivity contribution is 9.11. The first-order valence-corrected chi connectivity index (χ1v) is 7.82. The molecular formula is C16H12BrNOS. The molecule has 1 aromatic heterocycles. The van der Waals surface area contributed by atoms with Crippen LogP contribution >= 0.6 is 27.3 Å². The van der Waals surface area contributed by atoms with E-state index < -0.39 is 0 Å². The van der Waals surface area contributed by atoms with E-state index in [0.29, 0.717) is 5.19 Å². The van der Waals surface area contributed by atoms with Crippen LogP contribution < -0.4 is 4.74 Å². The van der Waals surface area contributed by atoms with Crippen molar-refractivity contribution in [3.63, 3.8) is 0 Å². The van der Waals surface area contributed by atoms with Crippen LogP contribution in [-0.4, -0.2) is 4.98 Å². The maximum absolute atomic E-state index is 5.68. The molecule has 1 heterocycles. The van der Waals surface area contributed by atoms with Gasteiger partial charge in [-0.2, -0.15) is 0 Å². The van der Waals surface area contributed by atoms with E-state index in [0.717, 1.165) is 16.0 Å². The highest BCUT2D eigenvalue weighted by Crippen LogP contribution is 2.29. The van der Waals surface area contributed by atoms with Gasteiger partial charge in [0.05, 0.1) is 9.98 Å². The maximum atomic E-state index is 5.68. The third kappa shape index (κ3) is 3.46. The standard InChI is InChI=1S/C16H12BrNOS/c17-15-11-18-16(20-15)19-14-8-6-13(7-9-14)10-12-4-2-1-3-5-12/h1-9,11H,10H2. The van der Waals surface area contributed by atoms with Crippen molar-refractivity contribution >= 4 is 27.3 Å². The molecule has 0 bridgehead atoms. The van der Waals surface area contributed by atoms with Crippen molar-refractivity contribution in [2.75, 3.05) is 0 Å². The lowest BCUT2D eigenvalue weighted by Gasteiger charge is -2.04. The Morgan fingerprint density at radius 2 is 1.65 bits per heavy atom. The van der Waals surface area contributed by atoms with E-state index in [1.165, 1.54) is 22.5 Å². The Morgan fingerprint density at radius 3 is 2.30 bits per heavy atom. The maximum Gasteiger partial charge on any atom is 0.279 e. The highest BCUT2D eigenvalue weighted by atomic mass is 79.9. The molecule has 0 fully saturated rings. The molecule has 0 aliphatic carbocycles. The molecule has 3 aromatic rings. The molecule has 20 heavy (non-hydrogen) atoms. The van der Waals surface area contributed by atoms with E-state index in [2.05, 4.69) is 57.3 Å². The Bertz CT molecular complexity index is 679. The van der Waals surface area contributed by atoms with Gasteiger partial charge in [0.25, 0.3) is 5.19 Å². The first kappa shape index (κ1) is 13.3. The second-order valence-corrected chi connectivity index (χ2v) is 6.71. The Morgan fingerprint density at radius 1 is 0.950 bits per heavy atom. The molecule has 0 spiro atoms. The smallest absolute Gasteiger partial charge is 0.279 e. The van der Waals surface area contributed by atoms with Gasteiger partial charge < -0.3 is 4.74 Å². The van der Waals surface area contributed by atoms with Gasteiger partial charge in [0, 0.05) is 0 Å². The Labute approximate surface area is 130 Å². The number of aromatic nitrogens is 1. The third-order valence-electron chi connectivity index (χ3n) is 2.84. The number of nitrogens with zero attached hydrogens (tertiary/aromatic N) is 1. The van der Waals surface area contributed by atoms with E-state index in [1.807, 2.05) is 18.2 Å². The Kier molecular flexibility index (Phi) is 4.14. The van der Waals surface area contributed by atoms with E-state index in [1.54, 1.807) is 6.20 Å². The minimum atomic E-state index is 0.646. The summed E-state index contributed by atoms with van der Waals surface area (Å²) >= 11 is 4.84. The minimum Gasteiger partial charge on any atom is -0.431 e. The second kappa shape index (κ2) is 6.20. The van der Waals surface area contributed by atoms with Gasteiger partial charge in [0.15, 0.2) is 0 Å². The molecule has 3 rings (SSSR count). The highest BCUT2D eigenvalue weighted by Gasteiger charge is 2.03. The summed E-state index contributed by atoms with van der Waals surface area (Å²) in [5.74, 6) is 0.809.